The molecule has 3 aliphatic rings. The third-order valence-corrected chi connectivity index (χ3v) is 23.3. The minimum Gasteiger partial charge on any atom is -0.496 e. The van der Waals surface area contributed by atoms with Crippen molar-refractivity contribution in [3.8, 4) is 120 Å². The number of ether oxygens (including phenoxy) is 6. The highest BCUT2D eigenvalue weighted by molar-refractivity contribution is 6.32. The first-order chi connectivity index (χ1) is 71.7. The Labute approximate surface area is 861 Å². The van der Waals surface area contributed by atoms with Gasteiger partial charge in [-0.1, -0.05) is 126 Å². The molecule has 0 saturated carbocycles. The summed E-state index contributed by atoms with van der Waals surface area (Å²) < 4.78 is 44.8. The average Bonchev–Trinajstić information content (AvgIpc) is 1.74. The maximum Gasteiger partial charge on any atom is 0.410 e. The van der Waals surface area contributed by atoms with Crippen molar-refractivity contribution in [1.82, 2.24) is 187 Å². The molecule has 21 rings (SSSR count). The summed E-state index contributed by atoms with van der Waals surface area (Å²) in [6.07, 6.45) is 4.08. The van der Waals surface area contributed by atoms with Gasteiger partial charge in [0.15, 0.2) is 58.1 Å². The van der Waals surface area contributed by atoms with E-state index >= 15 is 0 Å². The molecule has 1 saturated heterocycles. The van der Waals surface area contributed by atoms with Crippen LogP contribution in [0.15, 0.2) is 207 Å². The number of nitrogens with one attached hydrogen (secondary N) is 2. The zero-order valence-electron chi connectivity index (χ0n) is 83.7. The van der Waals surface area contributed by atoms with Crippen LogP contribution < -0.4 is 34.3 Å². The minimum atomic E-state index is -0.546. The van der Waals surface area contributed by atoms with Crippen molar-refractivity contribution in [1.29, 1.82) is 0 Å². The molecule has 50 nitrogen and oxygen atoms in total. The molecule has 0 aliphatic carbocycles. The lowest BCUT2D eigenvalue weighted by atomic mass is 10.1. The SMILES string of the molecule is COc1cc(-c2nnnn2C)cc(OC)c1C.Cc1ccc(-c2nnnn2C)cc1.Cc1ccc(-c2nnnn2C)cc1Cl.Cn1nnnc1-c1ccc(C(=O)N2CCN(C(=O)OC(C)(C)C)CC2)cc1.Cn1nnnc1-c1ccc(C(=O)NCc2ccc3c(c2)OCO3)cc1.Cn1nnnc1-c1ccc(C(=O)NCc2cccnc2)cc1.Cn1nnnc1-c1ccc(Cl)c([N+](=O)[O-])c1.Cn1nnnc1-c1ccc2c(c1)OCC2. The van der Waals surface area contributed by atoms with Crippen LogP contribution in [0.2, 0.25) is 10.0 Å². The van der Waals surface area contributed by atoms with Gasteiger partial charge in [-0.05, 0) is 238 Å². The maximum atomic E-state index is 12.7. The number of nitro groups is 1. The van der Waals surface area contributed by atoms with Crippen LogP contribution in [0.1, 0.15) is 85.2 Å². The topological polar surface area (TPSA) is 559 Å². The van der Waals surface area contributed by atoms with E-state index in [0.29, 0.717) is 102 Å². The molecular formula is C97H102Cl2N38O12. The van der Waals surface area contributed by atoms with Gasteiger partial charge in [-0.3, -0.25) is 29.5 Å². The Bertz CT molecular complexity index is 7580. The summed E-state index contributed by atoms with van der Waals surface area (Å²) >= 11 is 11.7. The van der Waals surface area contributed by atoms with Gasteiger partial charge in [0.1, 0.15) is 27.9 Å². The van der Waals surface area contributed by atoms with Gasteiger partial charge < -0.3 is 48.9 Å². The van der Waals surface area contributed by atoms with Crippen molar-refractivity contribution in [3.63, 3.8) is 0 Å². The Morgan fingerprint density at radius 2 is 0.799 bits per heavy atom. The molecule has 766 valence electrons. The number of pyridine rings is 1. The first kappa shape index (κ1) is 106. The summed E-state index contributed by atoms with van der Waals surface area (Å²) in [6.45, 7) is 15.2. The molecule has 1 fully saturated rings. The van der Waals surface area contributed by atoms with Gasteiger partial charge in [-0.25, -0.2) is 42.2 Å². The first-order valence-corrected chi connectivity index (χ1v) is 46.5. The highest BCUT2D eigenvalue weighted by Crippen LogP contribution is 2.37. The number of methoxy groups -OCH3 is 2. The van der Waals surface area contributed by atoms with E-state index in [1.807, 2.05) is 182 Å². The van der Waals surface area contributed by atoms with E-state index in [4.69, 9.17) is 51.6 Å². The van der Waals surface area contributed by atoms with Crippen LogP contribution in [0.5, 0.6) is 28.7 Å². The highest BCUT2D eigenvalue weighted by Gasteiger charge is 2.30. The minimum absolute atomic E-state index is 0.0542. The standard InChI is InChI=1S/C18H24N6O3.C17H15N5O3.C15H14N6O.C11H14N4O2.C10H10N4O.C9H9ClN4.C9H10N4.C8H6ClN5O2/c1-18(2,3)27-17(26)24-11-9-23(10-12-24)16(25)14-7-5-13(6-8-14)15-19-20-21-22(15)4;1-22-16(19-20-21-22)12-3-5-13(6-4-12)17(23)18-9-11-2-7-14-15(8-11)25-10-24-14;1-21-14(18-19-20-21)12-4-6-13(7-5-12)15(22)17-10-11-3-2-8-16-9-11;1-7-9(16-3)5-8(6-10(7)17-4)11-12-13-14-15(11)2;1-14-10(11-12-13-14)8-3-2-7-4-5-15-9(7)6-8;1-6-3-4-7(5-8(6)10)9-11-12-13-14(9)2;1-7-3-5-8(6-4-7)9-10-11-12-13(9)2;1-13-8(10-11-12-13)5-2-3-6(9)7(4-5)14(15)16/h5-8H,9-12H2,1-4H3;2-8H,9-10H2,1H3,(H,18,23);2-9H,10H2,1H3,(H,17,22);5-6H,1-4H3;2-3,6H,4-5H2,1H3;3-5H,1-2H3;3-6H,1-2H3;2-4H,1H3. The van der Waals surface area contributed by atoms with Crippen molar-refractivity contribution in [3.05, 3.63) is 277 Å². The van der Waals surface area contributed by atoms with E-state index in [1.165, 1.54) is 27.9 Å². The van der Waals surface area contributed by atoms with Crippen molar-refractivity contribution in [2.24, 2.45) is 56.4 Å². The molecule has 0 unspecified atom stereocenters. The summed E-state index contributed by atoms with van der Waals surface area (Å²) in [5, 5.41) is 107. The van der Waals surface area contributed by atoms with E-state index in [-0.39, 0.29) is 41.3 Å². The number of amides is 4. The summed E-state index contributed by atoms with van der Waals surface area (Å²) in [6, 6.07) is 59.0. The van der Waals surface area contributed by atoms with Crippen molar-refractivity contribution in [2.75, 3.05) is 53.8 Å². The van der Waals surface area contributed by atoms with Crippen LogP contribution >= 0.6 is 23.2 Å². The Balaban J connectivity index is 0.000000136. The molecule has 12 heterocycles. The van der Waals surface area contributed by atoms with Crippen LogP contribution in [0.25, 0.3) is 91.1 Å². The molecule has 4 amide bonds. The van der Waals surface area contributed by atoms with E-state index in [9.17, 15) is 29.3 Å². The fraction of sp³-hybridized carbons (Fsp3) is 0.268. The number of carbonyl (C=O) groups is 4. The lowest BCUT2D eigenvalue weighted by Gasteiger charge is -2.35. The van der Waals surface area contributed by atoms with Crippen LogP contribution in [-0.2, 0) is 80.6 Å². The number of aromatic nitrogens is 33. The Hall–Kier alpha value is -18.6. The number of nitro benzene ring substituents is 1. The van der Waals surface area contributed by atoms with Gasteiger partial charge in [0, 0.05) is 192 Å². The van der Waals surface area contributed by atoms with Gasteiger partial charge in [-0.15, -0.1) is 40.8 Å². The summed E-state index contributed by atoms with van der Waals surface area (Å²) in [5.74, 6) is 8.86. The lowest BCUT2D eigenvalue weighted by Crippen LogP contribution is -2.51. The number of fused-ring (bicyclic) bond motifs is 2. The second-order valence-electron chi connectivity index (χ2n) is 34.1. The quantitative estimate of drug-likeness (QED) is 0.0595. The fourth-order valence-corrected chi connectivity index (χ4v) is 14.9. The van der Waals surface area contributed by atoms with E-state index in [2.05, 4.69) is 153 Å². The van der Waals surface area contributed by atoms with Crippen LogP contribution in [0.3, 0.4) is 0 Å². The van der Waals surface area contributed by atoms with Crippen LogP contribution in [0.4, 0.5) is 10.5 Å². The van der Waals surface area contributed by atoms with E-state index < -0.39 is 10.5 Å². The average molecular weight is 2060 g/mol. The molecule has 9 aromatic heterocycles. The van der Waals surface area contributed by atoms with E-state index in [0.717, 1.165) is 114 Å². The molecule has 0 radical (unpaired) electrons. The first-order valence-electron chi connectivity index (χ1n) is 45.7. The van der Waals surface area contributed by atoms with Gasteiger partial charge >= 0.3 is 6.09 Å². The monoisotopic (exact) mass is 2060 g/mol. The Kier molecular flexibility index (Phi) is 35.3. The van der Waals surface area contributed by atoms with Gasteiger partial charge in [0.25, 0.3) is 23.4 Å². The number of hydrogen-bond donors (Lipinski definition) is 2. The zero-order valence-corrected chi connectivity index (χ0v) is 85.3. The fourth-order valence-electron chi connectivity index (χ4n) is 14.6. The summed E-state index contributed by atoms with van der Waals surface area (Å²) in [4.78, 5) is 66.8. The second-order valence-corrected chi connectivity index (χ2v) is 34.9. The zero-order chi connectivity index (χ0) is 106. The maximum absolute atomic E-state index is 12.7. The number of nitrogens with zero attached hydrogens (tertiary/aromatic N) is 36. The third kappa shape index (κ3) is 27.9. The predicted molar refractivity (Wildman–Crippen MR) is 540 cm³/mol. The number of hydrogen-bond acceptors (Lipinski definition) is 37. The van der Waals surface area contributed by atoms with Gasteiger partial charge in [0.2, 0.25) is 6.79 Å². The summed E-state index contributed by atoms with van der Waals surface area (Å²) in [5.41, 5.74) is 14.4. The molecule has 9 aromatic carbocycles. The molecule has 0 spiro atoms. The highest BCUT2D eigenvalue weighted by atomic mass is 35.5. The molecule has 0 atom stereocenters. The number of benzene rings is 9. The molecule has 18 aromatic rings. The smallest absolute Gasteiger partial charge is 0.410 e. The number of halogens is 2. The number of carbonyl (C=O) groups excluding carboxylic acids is 4. The molecule has 0 bridgehead atoms. The third-order valence-electron chi connectivity index (χ3n) is 22.6. The summed E-state index contributed by atoms with van der Waals surface area (Å²) in [7, 11) is 17.4. The molecule has 52 heteroatoms. The Morgan fingerprint density at radius 1 is 0.409 bits per heavy atom. The predicted octanol–water partition coefficient (Wildman–Crippen LogP) is 10.8. The van der Waals surface area contributed by atoms with Crippen molar-refractivity contribution < 1.29 is 52.5 Å². The largest absolute Gasteiger partial charge is 0.496 e. The lowest BCUT2D eigenvalue weighted by molar-refractivity contribution is -0.384. The van der Waals surface area contributed by atoms with Crippen LogP contribution in [0, 0.1) is 30.9 Å². The molecule has 149 heavy (non-hydrogen) atoms. The number of piperazine rings is 1. The number of aryl methyl sites for hydroxylation is 10. The van der Waals surface area contributed by atoms with Gasteiger partial charge in [0.05, 0.1) is 25.7 Å². The number of tetrazole rings is 8. The van der Waals surface area contributed by atoms with Crippen molar-refractivity contribution in [2.45, 2.75) is 66.7 Å². The molecule has 2 N–H and O–H groups in total. The Morgan fingerprint density at radius 3 is 1.21 bits per heavy atom. The number of rotatable bonds is 18. The van der Waals surface area contributed by atoms with E-state index in [1.54, 1.807) is 154 Å². The molecule has 3 aliphatic heterocycles. The second kappa shape index (κ2) is 49.6. The van der Waals surface area contributed by atoms with Crippen LogP contribution in [-0.4, -0.2) is 265 Å². The normalized spacial score (nSPS) is 11.9. The van der Waals surface area contributed by atoms with Crippen molar-refractivity contribution >= 4 is 52.7 Å². The van der Waals surface area contributed by atoms with Gasteiger partial charge in [-0.2, -0.15) is 0 Å². The molecular weight excluding hydrogens is 1960 g/mol.